The highest BCUT2D eigenvalue weighted by Crippen LogP contribution is 2.43. The number of fused-ring (bicyclic) bond motifs is 1. The zero-order chi connectivity index (χ0) is 14.3. The number of nitrogens with zero attached hydrogens (tertiary/aromatic N) is 4. The molecule has 0 N–H and O–H groups in total. The van der Waals surface area contributed by atoms with Crippen LogP contribution in [0.4, 0.5) is 17.3 Å². The molecule has 0 amide bonds. The van der Waals surface area contributed by atoms with Crippen LogP contribution < -0.4 is 9.80 Å². The van der Waals surface area contributed by atoms with Gasteiger partial charge in [-0.15, -0.1) is 0 Å². The van der Waals surface area contributed by atoms with Crippen LogP contribution in [0.15, 0.2) is 42.7 Å². The highest BCUT2D eigenvalue weighted by Gasteiger charge is 2.41. The molecule has 0 radical (unpaired) electrons. The summed E-state index contributed by atoms with van der Waals surface area (Å²) in [5, 5.41) is 0. The Labute approximate surface area is 120 Å². The molecular weight excluding hydrogens is 248 g/mol. The summed E-state index contributed by atoms with van der Waals surface area (Å²) in [5.41, 5.74) is 1.14. The first-order valence-corrected chi connectivity index (χ1v) is 6.95. The molecule has 2 heterocycles. The monoisotopic (exact) mass is 268 g/mol. The van der Waals surface area contributed by atoms with Crippen molar-refractivity contribution < 1.29 is 0 Å². The van der Waals surface area contributed by atoms with Gasteiger partial charge in [-0.2, -0.15) is 0 Å². The summed E-state index contributed by atoms with van der Waals surface area (Å²) >= 11 is 0. The number of rotatable bonds is 1. The van der Waals surface area contributed by atoms with Crippen LogP contribution in [0.3, 0.4) is 0 Å². The Morgan fingerprint density at radius 3 is 2.15 bits per heavy atom. The van der Waals surface area contributed by atoms with Gasteiger partial charge in [-0.3, -0.25) is 0 Å². The van der Waals surface area contributed by atoms with Crippen molar-refractivity contribution in [1.82, 2.24) is 9.97 Å². The van der Waals surface area contributed by atoms with Crippen molar-refractivity contribution in [3.8, 4) is 0 Å². The van der Waals surface area contributed by atoms with Crippen molar-refractivity contribution in [2.45, 2.75) is 39.4 Å². The summed E-state index contributed by atoms with van der Waals surface area (Å²) in [4.78, 5) is 13.7. The molecule has 0 aliphatic carbocycles. The van der Waals surface area contributed by atoms with Crippen LogP contribution in [0, 0.1) is 0 Å². The minimum atomic E-state index is -0.00622. The van der Waals surface area contributed by atoms with E-state index in [1.54, 1.807) is 12.4 Å². The number of benzene rings is 1. The maximum Gasteiger partial charge on any atom is 0.178 e. The second-order valence-corrected chi connectivity index (χ2v) is 6.08. The minimum Gasteiger partial charge on any atom is -0.328 e. The van der Waals surface area contributed by atoms with E-state index in [-0.39, 0.29) is 11.7 Å². The number of anilines is 3. The van der Waals surface area contributed by atoms with Gasteiger partial charge in [0.25, 0.3) is 0 Å². The average Bonchev–Trinajstić information content (AvgIpc) is 2.71. The highest BCUT2D eigenvalue weighted by atomic mass is 15.5. The van der Waals surface area contributed by atoms with Crippen LogP contribution >= 0.6 is 0 Å². The molecule has 0 bridgehead atoms. The summed E-state index contributed by atoms with van der Waals surface area (Å²) in [6, 6.07) is 10.4. The molecule has 0 fully saturated rings. The van der Waals surface area contributed by atoms with Crippen LogP contribution in [-0.4, -0.2) is 21.7 Å². The van der Waals surface area contributed by atoms with Crippen molar-refractivity contribution in [3.05, 3.63) is 42.7 Å². The molecule has 1 atom stereocenters. The third kappa shape index (κ3) is 1.92. The number of para-hydroxylation sites is 1. The van der Waals surface area contributed by atoms with Crippen molar-refractivity contribution in [1.29, 1.82) is 0 Å². The third-order valence-electron chi connectivity index (χ3n) is 3.62. The smallest absolute Gasteiger partial charge is 0.178 e. The second kappa shape index (κ2) is 4.47. The first-order valence-electron chi connectivity index (χ1n) is 6.95. The standard InChI is InChI=1S/C16H20N4/c1-12-19(13-8-6-5-7-9-13)14-15(18-11-10-17-14)20(12)16(2,3)4/h5-12H,1-4H3/t12-/m0/s1. The quantitative estimate of drug-likeness (QED) is 0.791. The van der Waals surface area contributed by atoms with E-state index in [4.69, 9.17) is 0 Å². The maximum absolute atomic E-state index is 4.56. The molecule has 1 aliphatic rings. The van der Waals surface area contributed by atoms with Crippen LogP contribution in [0.1, 0.15) is 27.7 Å². The summed E-state index contributed by atoms with van der Waals surface area (Å²) in [7, 11) is 0. The van der Waals surface area contributed by atoms with E-state index in [2.05, 4.69) is 71.7 Å². The lowest BCUT2D eigenvalue weighted by Gasteiger charge is -2.38. The van der Waals surface area contributed by atoms with E-state index < -0.39 is 0 Å². The Morgan fingerprint density at radius 2 is 1.55 bits per heavy atom. The van der Waals surface area contributed by atoms with E-state index in [0.29, 0.717) is 0 Å². The van der Waals surface area contributed by atoms with Gasteiger partial charge in [-0.05, 0) is 39.8 Å². The zero-order valence-corrected chi connectivity index (χ0v) is 12.4. The molecule has 0 saturated carbocycles. The average molecular weight is 268 g/mol. The van der Waals surface area contributed by atoms with E-state index in [0.717, 1.165) is 17.3 Å². The van der Waals surface area contributed by atoms with Crippen LogP contribution in [0.2, 0.25) is 0 Å². The molecule has 4 nitrogen and oxygen atoms in total. The van der Waals surface area contributed by atoms with Gasteiger partial charge in [-0.1, -0.05) is 18.2 Å². The van der Waals surface area contributed by atoms with Gasteiger partial charge in [0.1, 0.15) is 6.17 Å². The van der Waals surface area contributed by atoms with Crippen molar-refractivity contribution in [2.24, 2.45) is 0 Å². The van der Waals surface area contributed by atoms with E-state index >= 15 is 0 Å². The summed E-state index contributed by atoms with van der Waals surface area (Å²) in [5.74, 6) is 1.89. The summed E-state index contributed by atoms with van der Waals surface area (Å²) < 4.78 is 0. The summed E-state index contributed by atoms with van der Waals surface area (Å²) in [6.45, 7) is 8.81. The Morgan fingerprint density at radius 1 is 0.950 bits per heavy atom. The fourth-order valence-electron chi connectivity index (χ4n) is 2.94. The predicted octanol–water partition coefficient (Wildman–Crippen LogP) is 3.58. The lowest BCUT2D eigenvalue weighted by atomic mass is 10.1. The fraction of sp³-hybridized carbons (Fsp3) is 0.375. The molecule has 1 aliphatic heterocycles. The van der Waals surface area contributed by atoms with Gasteiger partial charge >= 0.3 is 0 Å². The van der Waals surface area contributed by atoms with Gasteiger partial charge < -0.3 is 9.80 Å². The predicted molar refractivity (Wildman–Crippen MR) is 82.3 cm³/mol. The molecule has 1 aromatic carbocycles. The Hall–Kier alpha value is -2.10. The normalized spacial score (nSPS) is 18.3. The Balaban J connectivity index is 2.14. The molecule has 4 heteroatoms. The number of aromatic nitrogens is 2. The molecule has 20 heavy (non-hydrogen) atoms. The lowest BCUT2D eigenvalue weighted by Crippen LogP contribution is -2.49. The van der Waals surface area contributed by atoms with Crippen LogP contribution in [0.25, 0.3) is 0 Å². The van der Waals surface area contributed by atoms with Gasteiger partial charge in [0.15, 0.2) is 11.6 Å². The van der Waals surface area contributed by atoms with Gasteiger partial charge in [0.05, 0.1) is 0 Å². The van der Waals surface area contributed by atoms with Crippen molar-refractivity contribution in [2.75, 3.05) is 9.80 Å². The first kappa shape index (κ1) is 12.9. The topological polar surface area (TPSA) is 32.3 Å². The third-order valence-corrected chi connectivity index (χ3v) is 3.62. The van der Waals surface area contributed by atoms with Crippen LogP contribution in [-0.2, 0) is 0 Å². The van der Waals surface area contributed by atoms with Crippen molar-refractivity contribution in [3.63, 3.8) is 0 Å². The molecule has 3 rings (SSSR count). The van der Waals surface area contributed by atoms with Gasteiger partial charge in [-0.25, -0.2) is 9.97 Å². The number of hydrogen-bond donors (Lipinski definition) is 0. The zero-order valence-electron chi connectivity index (χ0n) is 12.4. The highest BCUT2D eigenvalue weighted by molar-refractivity contribution is 5.78. The minimum absolute atomic E-state index is 0.00622. The van der Waals surface area contributed by atoms with E-state index in [9.17, 15) is 0 Å². The fourth-order valence-corrected chi connectivity index (χ4v) is 2.94. The van der Waals surface area contributed by atoms with Crippen LogP contribution in [0.5, 0.6) is 0 Å². The molecule has 2 aromatic rings. The largest absolute Gasteiger partial charge is 0.328 e. The van der Waals surface area contributed by atoms with Gasteiger partial charge in [0, 0.05) is 23.6 Å². The number of hydrogen-bond acceptors (Lipinski definition) is 4. The van der Waals surface area contributed by atoms with E-state index in [1.165, 1.54) is 0 Å². The lowest BCUT2D eigenvalue weighted by molar-refractivity contribution is 0.465. The maximum atomic E-state index is 4.56. The molecule has 0 unspecified atom stereocenters. The SMILES string of the molecule is C[C@H]1N(c2ccccc2)c2nccnc2N1C(C)(C)C. The molecule has 1 aromatic heterocycles. The molecule has 0 spiro atoms. The first-order chi connectivity index (χ1) is 9.50. The Bertz CT molecular complexity index is 603. The second-order valence-electron chi connectivity index (χ2n) is 6.08. The van der Waals surface area contributed by atoms with E-state index in [1.807, 2.05) is 6.07 Å². The molecular formula is C16H20N4. The van der Waals surface area contributed by atoms with Crippen molar-refractivity contribution >= 4 is 17.3 Å². The molecule has 0 saturated heterocycles. The van der Waals surface area contributed by atoms with Gasteiger partial charge in [0.2, 0.25) is 0 Å². The molecule has 104 valence electrons. The Kier molecular flexibility index (Phi) is 2.89. The summed E-state index contributed by atoms with van der Waals surface area (Å²) in [6.07, 6.45) is 3.71.